The first kappa shape index (κ1) is 24.7. The first-order chi connectivity index (χ1) is 17.1. The summed E-state index contributed by atoms with van der Waals surface area (Å²) >= 11 is 1.07. The maximum absolute atomic E-state index is 14.8. The van der Waals surface area contributed by atoms with E-state index in [9.17, 15) is 14.0 Å². The smallest absolute Gasteiger partial charge is 0.432 e. The Morgan fingerprint density at radius 1 is 1.11 bits per heavy atom. The Bertz CT molecular complexity index is 1160. The van der Waals surface area contributed by atoms with E-state index in [0.29, 0.717) is 22.7 Å². The van der Waals surface area contributed by atoms with Crippen LogP contribution < -0.4 is 9.64 Å². The van der Waals surface area contributed by atoms with Crippen LogP contribution in [0.3, 0.4) is 0 Å². The zero-order valence-corrected chi connectivity index (χ0v) is 19.6. The number of rotatable bonds is 10. The number of aromatic nitrogens is 2. The lowest BCUT2D eigenvalue weighted by Gasteiger charge is -2.17. The Hall–Kier alpha value is -3.41. The van der Waals surface area contributed by atoms with E-state index in [1.807, 2.05) is 24.3 Å². The second-order valence-electron chi connectivity index (χ2n) is 7.69. The minimum Gasteiger partial charge on any atom is -0.432 e. The van der Waals surface area contributed by atoms with Crippen molar-refractivity contribution >= 4 is 29.7 Å². The maximum atomic E-state index is 14.8. The molecule has 1 aliphatic rings. The van der Waals surface area contributed by atoms with Crippen molar-refractivity contribution in [2.24, 2.45) is 0 Å². The number of benzene rings is 2. The maximum Gasteiger partial charge on any atom is 0.514 e. The van der Waals surface area contributed by atoms with Gasteiger partial charge in [-0.1, -0.05) is 0 Å². The van der Waals surface area contributed by atoms with E-state index >= 15 is 0 Å². The second-order valence-corrected chi connectivity index (χ2v) is 8.45. The minimum atomic E-state index is -1.18. The molecule has 3 aromatic rings. The summed E-state index contributed by atoms with van der Waals surface area (Å²) in [7, 11) is 0. The molecule has 1 N–H and O–H groups in total. The molecule has 2 heterocycles. The summed E-state index contributed by atoms with van der Waals surface area (Å²) in [6, 6.07) is 10.5. The molecule has 1 fully saturated rings. The number of halogens is 1. The lowest BCUT2D eigenvalue weighted by Crippen LogP contribution is -2.17. The molecule has 9 nitrogen and oxygen atoms in total. The van der Waals surface area contributed by atoms with Crippen LogP contribution in [0, 0.1) is 5.82 Å². The molecule has 0 spiro atoms. The van der Waals surface area contributed by atoms with Crippen molar-refractivity contribution in [1.29, 1.82) is 0 Å². The molecule has 184 valence electrons. The molecule has 0 unspecified atom stereocenters. The van der Waals surface area contributed by atoms with Crippen molar-refractivity contribution in [2.75, 3.05) is 44.4 Å². The fourth-order valence-electron chi connectivity index (χ4n) is 3.65. The van der Waals surface area contributed by atoms with Crippen LogP contribution in [0.2, 0.25) is 0 Å². The fraction of sp³-hybridized carbons (Fsp3) is 0.333. The molecule has 4 rings (SSSR count). The quantitative estimate of drug-likeness (QED) is 0.191. The Kier molecular flexibility index (Phi) is 8.35. The summed E-state index contributed by atoms with van der Waals surface area (Å²) in [4.78, 5) is 30.2. The molecular weight excluding hydrogens is 477 g/mol. The van der Waals surface area contributed by atoms with E-state index < -0.39 is 17.7 Å². The predicted octanol–water partition coefficient (Wildman–Crippen LogP) is 3.95. The first-order valence-corrected chi connectivity index (χ1v) is 11.9. The van der Waals surface area contributed by atoms with Crippen LogP contribution in [0.4, 0.5) is 14.9 Å². The molecule has 0 saturated carbocycles. The van der Waals surface area contributed by atoms with Gasteiger partial charge >= 0.3 is 6.16 Å². The Labute approximate surface area is 205 Å². The minimum absolute atomic E-state index is 0.0397. The SMILES string of the molecule is O=Cc1cc(-c2nc(-c3ccc(N4CCCC4)cc3)ns2)cc(F)c1OC(=O)OCCOCCO. The van der Waals surface area contributed by atoms with Crippen molar-refractivity contribution < 1.29 is 33.3 Å². The Morgan fingerprint density at radius 3 is 2.60 bits per heavy atom. The zero-order chi connectivity index (χ0) is 24.6. The van der Waals surface area contributed by atoms with E-state index in [4.69, 9.17) is 19.3 Å². The molecule has 35 heavy (non-hydrogen) atoms. The summed E-state index contributed by atoms with van der Waals surface area (Å²) < 4.78 is 33.8. The lowest BCUT2D eigenvalue weighted by molar-refractivity contribution is 0.0389. The summed E-state index contributed by atoms with van der Waals surface area (Å²) in [6.45, 7) is 1.94. The van der Waals surface area contributed by atoms with E-state index in [2.05, 4.69) is 14.3 Å². The standard InChI is InChI=1S/C24H24FN3O6S/c25-20-14-17(13-18(15-30)21(20)34-24(31)33-12-11-32-10-9-29)23-26-22(27-35-23)16-3-5-19(6-4-16)28-7-1-2-8-28/h3-6,13-15,29H,1-2,7-12H2. The van der Waals surface area contributed by atoms with Gasteiger partial charge in [0.2, 0.25) is 0 Å². The summed E-state index contributed by atoms with van der Waals surface area (Å²) in [5, 5.41) is 9.04. The average Bonchev–Trinajstić information content (AvgIpc) is 3.58. The molecule has 0 aliphatic carbocycles. The summed E-state index contributed by atoms with van der Waals surface area (Å²) in [5.41, 5.74) is 2.16. The third-order valence-electron chi connectivity index (χ3n) is 5.34. The van der Waals surface area contributed by atoms with Crippen LogP contribution in [0.15, 0.2) is 36.4 Å². The number of aldehydes is 1. The van der Waals surface area contributed by atoms with Gasteiger partial charge in [0.05, 0.1) is 25.4 Å². The van der Waals surface area contributed by atoms with Gasteiger partial charge < -0.3 is 24.2 Å². The number of aliphatic hydroxyl groups excluding tert-OH is 1. The van der Waals surface area contributed by atoms with Crippen molar-refractivity contribution in [3.63, 3.8) is 0 Å². The number of aliphatic hydroxyl groups is 1. The normalized spacial score (nSPS) is 13.1. The monoisotopic (exact) mass is 501 g/mol. The predicted molar refractivity (Wildman–Crippen MR) is 127 cm³/mol. The number of carbonyl (C=O) groups excluding carboxylic acids is 2. The van der Waals surface area contributed by atoms with Crippen LogP contribution in [0.25, 0.3) is 22.0 Å². The topological polar surface area (TPSA) is 111 Å². The Balaban J connectivity index is 1.45. The molecule has 0 amide bonds. The lowest BCUT2D eigenvalue weighted by atomic mass is 10.1. The molecule has 2 aromatic carbocycles. The number of hydrogen-bond acceptors (Lipinski definition) is 10. The molecular formula is C24H24FN3O6S. The van der Waals surface area contributed by atoms with Crippen LogP contribution >= 0.6 is 11.5 Å². The van der Waals surface area contributed by atoms with Gasteiger partial charge in [-0.25, -0.2) is 14.2 Å². The van der Waals surface area contributed by atoms with Gasteiger partial charge in [-0.3, -0.25) is 4.79 Å². The van der Waals surface area contributed by atoms with Crippen LogP contribution in [0.1, 0.15) is 23.2 Å². The van der Waals surface area contributed by atoms with Crippen molar-refractivity contribution in [1.82, 2.24) is 9.36 Å². The molecule has 0 atom stereocenters. The highest BCUT2D eigenvalue weighted by atomic mass is 32.1. The average molecular weight is 502 g/mol. The second kappa shape index (κ2) is 11.8. The number of nitrogens with zero attached hydrogens (tertiary/aromatic N) is 3. The third kappa shape index (κ3) is 6.18. The van der Waals surface area contributed by atoms with Crippen molar-refractivity contribution in [2.45, 2.75) is 12.8 Å². The number of hydrogen-bond donors (Lipinski definition) is 1. The van der Waals surface area contributed by atoms with Crippen molar-refractivity contribution in [3.8, 4) is 27.7 Å². The van der Waals surface area contributed by atoms with E-state index in [-0.39, 0.29) is 32.0 Å². The highest BCUT2D eigenvalue weighted by Gasteiger charge is 2.20. The van der Waals surface area contributed by atoms with Crippen molar-refractivity contribution in [3.05, 3.63) is 47.8 Å². The summed E-state index contributed by atoms with van der Waals surface area (Å²) in [5.74, 6) is -0.949. The van der Waals surface area contributed by atoms with E-state index in [1.165, 1.54) is 18.9 Å². The van der Waals surface area contributed by atoms with Gasteiger partial charge in [0.15, 0.2) is 23.7 Å². The Morgan fingerprint density at radius 2 is 1.89 bits per heavy atom. The van der Waals surface area contributed by atoms with Gasteiger partial charge in [-0.2, -0.15) is 4.37 Å². The van der Waals surface area contributed by atoms with Gasteiger partial charge in [0.25, 0.3) is 0 Å². The largest absolute Gasteiger partial charge is 0.514 e. The molecule has 0 bridgehead atoms. The van der Waals surface area contributed by atoms with E-state index in [0.717, 1.165) is 41.9 Å². The van der Waals surface area contributed by atoms with Crippen LogP contribution in [-0.4, -0.2) is 66.4 Å². The number of anilines is 1. The molecule has 11 heteroatoms. The van der Waals surface area contributed by atoms with E-state index in [1.54, 1.807) is 0 Å². The molecule has 1 saturated heterocycles. The third-order valence-corrected chi connectivity index (χ3v) is 6.10. The highest BCUT2D eigenvalue weighted by molar-refractivity contribution is 7.09. The zero-order valence-electron chi connectivity index (χ0n) is 18.8. The number of ether oxygens (including phenoxy) is 3. The summed E-state index contributed by atoms with van der Waals surface area (Å²) in [6.07, 6.45) is 1.61. The van der Waals surface area contributed by atoms with Crippen LogP contribution in [0.5, 0.6) is 5.75 Å². The van der Waals surface area contributed by atoms with Gasteiger partial charge in [0, 0.05) is 29.9 Å². The molecule has 1 aromatic heterocycles. The van der Waals surface area contributed by atoms with Crippen LogP contribution in [-0.2, 0) is 9.47 Å². The van der Waals surface area contributed by atoms with Gasteiger partial charge in [0.1, 0.15) is 11.6 Å². The molecule has 0 radical (unpaired) electrons. The fourth-order valence-corrected chi connectivity index (χ4v) is 4.32. The first-order valence-electron chi connectivity index (χ1n) is 11.1. The highest BCUT2D eigenvalue weighted by Crippen LogP contribution is 2.32. The van der Waals surface area contributed by atoms with Gasteiger partial charge in [-0.05, 0) is 60.8 Å². The molecule has 1 aliphatic heterocycles. The number of carbonyl (C=O) groups is 2. The van der Waals surface area contributed by atoms with Gasteiger partial charge in [-0.15, -0.1) is 0 Å².